The number of amides is 1. The Labute approximate surface area is 175 Å². The van der Waals surface area contributed by atoms with E-state index in [1.54, 1.807) is 25.1 Å². The smallest absolute Gasteiger partial charge is 0.256 e. The third kappa shape index (κ3) is 4.87. The third-order valence-electron chi connectivity index (χ3n) is 4.72. The van der Waals surface area contributed by atoms with E-state index >= 15 is 0 Å². The minimum atomic E-state index is -0.969. The number of likely N-dealkylation sites (N-methyl/N-ethyl adjacent to an activating group) is 1. The molecule has 2 aromatic carbocycles. The Bertz CT molecular complexity index is 1010. The second-order valence-corrected chi connectivity index (χ2v) is 7.37. The summed E-state index contributed by atoms with van der Waals surface area (Å²) in [6.45, 7) is 1.89. The fraction of sp³-hybridized carbons (Fsp3) is 0.304. The molecule has 2 unspecified atom stereocenters. The van der Waals surface area contributed by atoms with Gasteiger partial charge in [0, 0.05) is 11.9 Å². The van der Waals surface area contributed by atoms with Crippen LogP contribution in [-0.4, -0.2) is 55.5 Å². The predicted octanol–water partition coefficient (Wildman–Crippen LogP) is 2.71. The molecule has 1 heterocycles. The fourth-order valence-electron chi connectivity index (χ4n) is 3.29. The standard InChI is InChI=1S/C23H26N2O5/c1-15-22(23(28)24-17(13-26)14-27)19-11-18(9-10-20(19)29-15)30-21(12-25(2)3)16-7-5-4-6-8-16/h4-11,13,17,21,27H,12,14H2,1-3H3,(H,24,28). The molecule has 3 aromatic rings. The first-order valence-corrected chi connectivity index (χ1v) is 9.69. The molecule has 30 heavy (non-hydrogen) atoms. The van der Waals surface area contributed by atoms with Gasteiger partial charge in [-0.15, -0.1) is 0 Å². The van der Waals surface area contributed by atoms with Crippen LogP contribution < -0.4 is 10.1 Å². The minimum Gasteiger partial charge on any atom is -0.484 e. The first kappa shape index (κ1) is 21.5. The molecule has 1 aromatic heterocycles. The third-order valence-corrected chi connectivity index (χ3v) is 4.72. The van der Waals surface area contributed by atoms with Gasteiger partial charge in [0.05, 0.1) is 12.2 Å². The second kappa shape index (κ2) is 9.56. The second-order valence-electron chi connectivity index (χ2n) is 7.37. The number of benzene rings is 2. The van der Waals surface area contributed by atoms with Crippen molar-refractivity contribution in [1.29, 1.82) is 0 Å². The molecule has 158 valence electrons. The lowest BCUT2D eigenvalue weighted by atomic mass is 10.1. The Morgan fingerprint density at radius 3 is 2.60 bits per heavy atom. The number of nitrogens with one attached hydrogen (secondary N) is 1. The van der Waals surface area contributed by atoms with Gasteiger partial charge in [0.15, 0.2) is 0 Å². The maximum atomic E-state index is 12.7. The number of fused-ring (bicyclic) bond motifs is 1. The van der Waals surface area contributed by atoms with Crippen LogP contribution in [0, 0.1) is 6.92 Å². The molecule has 0 radical (unpaired) electrons. The summed E-state index contributed by atoms with van der Waals surface area (Å²) >= 11 is 0. The Morgan fingerprint density at radius 1 is 1.23 bits per heavy atom. The summed E-state index contributed by atoms with van der Waals surface area (Å²) in [5.74, 6) is 0.541. The van der Waals surface area contributed by atoms with Crippen molar-refractivity contribution < 1.29 is 23.8 Å². The Balaban J connectivity index is 1.93. The summed E-state index contributed by atoms with van der Waals surface area (Å²) < 4.78 is 12.0. The van der Waals surface area contributed by atoms with Crippen molar-refractivity contribution >= 4 is 23.2 Å². The molecule has 0 fully saturated rings. The van der Waals surface area contributed by atoms with Crippen molar-refractivity contribution in [1.82, 2.24) is 10.2 Å². The summed E-state index contributed by atoms with van der Waals surface area (Å²) in [6.07, 6.45) is 0.299. The lowest BCUT2D eigenvalue weighted by Gasteiger charge is -2.23. The van der Waals surface area contributed by atoms with Crippen molar-refractivity contribution in [3.05, 3.63) is 65.4 Å². The van der Waals surface area contributed by atoms with Gasteiger partial charge in [-0.2, -0.15) is 0 Å². The molecule has 0 saturated carbocycles. The van der Waals surface area contributed by atoms with E-state index in [0.717, 1.165) is 5.56 Å². The number of aliphatic hydroxyl groups is 1. The molecule has 3 rings (SSSR count). The van der Waals surface area contributed by atoms with Gasteiger partial charge in [-0.05, 0) is 44.8 Å². The summed E-state index contributed by atoms with van der Waals surface area (Å²) in [7, 11) is 3.96. The average Bonchev–Trinajstić information content (AvgIpc) is 3.06. The maximum Gasteiger partial charge on any atom is 0.256 e. The molecule has 7 nitrogen and oxygen atoms in total. The molecule has 0 aliphatic carbocycles. The SMILES string of the molecule is Cc1oc2ccc(OC(CN(C)C)c3ccccc3)cc2c1C(=O)NC(C=O)CO. The van der Waals surface area contributed by atoms with Gasteiger partial charge in [0.1, 0.15) is 35.5 Å². The molecule has 0 aliphatic heterocycles. The van der Waals surface area contributed by atoms with E-state index in [1.165, 1.54) is 0 Å². The zero-order valence-corrected chi connectivity index (χ0v) is 17.3. The highest BCUT2D eigenvalue weighted by atomic mass is 16.5. The minimum absolute atomic E-state index is 0.197. The number of furan rings is 1. The van der Waals surface area contributed by atoms with Crippen molar-refractivity contribution in [2.75, 3.05) is 27.2 Å². The van der Waals surface area contributed by atoms with Crippen LogP contribution in [0.4, 0.5) is 0 Å². The number of aldehydes is 1. The highest BCUT2D eigenvalue weighted by molar-refractivity contribution is 6.08. The molecule has 0 saturated heterocycles. The van der Waals surface area contributed by atoms with Crippen LogP contribution in [0.5, 0.6) is 5.75 Å². The van der Waals surface area contributed by atoms with E-state index < -0.39 is 18.6 Å². The molecule has 2 atom stereocenters. The lowest BCUT2D eigenvalue weighted by molar-refractivity contribution is -0.110. The van der Waals surface area contributed by atoms with E-state index in [2.05, 4.69) is 5.32 Å². The molecular weight excluding hydrogens is 384 g/mol. The summed E-state index contributed by atoms with van der Waals surface area (Å²) in [4.78, 5) is 25.7. The van der Waals surface area contributed by atoms with Crippen LogP contribution in [0.2, 0.25) is 0 Å². The number of nitrogens with zero attached hydrogens (tertiary/aromatic N) is 1. The van der Waals surface area contributed by atoms with Crippen LogP contribution >= 0.6 is 0 Å². The van der Waals surface area contributed by atoms with Gasteiger partial charge in [-0.3, -0.25) is 4.79 Å². The van der Waals surface area contributed by atoms with Gasteiger partial charge in [-0.1, -0.05) is 30.3 Å². The molecule has 2 N–H and O–H groups in total. The van der Waals surface area contributed by atoms with E-state index in [9.17, 15) is 14.7 Å². The number of hydrogen-bond donors (Lipinski definition) is 2. The number of aryl methyl sites for hydroxylation is 1. The summed E-state index contributed by atoms with van der Waals surface area (Å²) in [6, 6.07) is 14.3. The summed E-state index contributed by atoms with van der Waals surface area (Å²) in [5, 5.41) is 12.3. The molecule has 0 bridgehead atoms. The van der Waals surface area contributed by atoms with Gasteiger partial charge >= 0.3 is 0 Å². The molecule has 1 amide bonds. The molecule has 7 heteroatoms. The number of hydrogen-bond acceptors (Lipinski definition) is 6. The van der Waals surface area contributed by atoms with Gasteiger partial charge in [-0.25, -0.2) is 0 Å². The van der Waals surface area contributed by atoms with Crippen molar-refractivity contribution in [3.8, 4) is 5.75 Å². The number of carbonyl (C=O) groups is 2. The normalized spacial score (nSPS) is 13.2. The zero-order chi connectivity index (χ0) is 21.7. The molecule has 0 spiro atoms. The maximum absolute atomic E-state index is 12.7. The van der Waals surface area contributed by atoms with Gasteiger partial charge < -0.3 is 29.3 Å². The quantitative estimate of drug-likeness (QED) is 0.527. The Hall–Kier alpha value is -3.16. The van der Waals surface area contributed by atoms with Crippen LogP contribution in [0.25, 0.3) is 11.0 Å². The van der Waals surface area contributed by atoms with E-state index in [0.29, 0.717) is 40.9 Å². The highest BCUT2D eigenvalue weighted by Gasteiger charge is 2.22. The predicted molar refractivity (Wildman–Crippen MR) is 114 cm³/mol. The largest absolute Gasteiger partial charge is 0.484 e. The van der Waals surface area contributed by atoms with Crippen molar-refractivity contribution in [2.24, 2.45) is 0 Å². The Kier molecular flexibility index (Phi) is 6.87. The number of rotatable bonds is 9. The molecule has 0 aliphatic rings. The van der Waals surface area contributed by atoms with Gasteiger partial charge in [0.2, 0.25) is 0 Å². The number of carbonyl (C=O) groups excluding carboxylic acids is 2. The van der Waals surface area contributed by atoms with E-state index in [1.807, 2.05) is 49.3 Å². The van der Waals surface area contributed by atoms with Crippen LogP contribution in [0.3, 0.4) is 0 Å². The van der Waals surface area contributed by atoms with Crippen LogP contribution in [0.1, 0.15) is 27.8 Å². The van der Waals surface area contributed by atoms with E-state index in [4.69, 9.17) is 9.15 Å². The van der Waals surface area contributed by atoms with E-state index in [-0.39, 0.29) is 6.10 Å². The lowest BCUT2D eigenvalue weighted by Crippen LogP contribution is -2.38. The topological polar surface area (TPSA) is 92.0 Å². The average molecular weight is 410 g/mol. The van der Waals surface area contributed by atoms with Crippen molar-refractivity contribution in [2.45, 2.75) is 19.1 Å². The highest BCUT2D eigenvalue weighted by Crippen LogP contribution is 2.31. The molecular formula is C23H26N2O5. The van der Waals surface area contributed by atoms with Crippen LogP contribution in [-0.2, 0) is 4.79 Å². The monoisotopic (exact) mass is 410 g/mol. The fourth-order valence-corrected chi connectivity index (χ4v) is 3.29. The number of aliphatic hydroxyl groups excluding tert-OH is 1. The summed E-state index contributed by atoms with van der Waals surface area (Å²) in [5.41, 5.74) is 1.91. The Morgan fingerprint density at radius 2 is 1.97 bits per heavy atom. The number of ether oxygens (including phenoxy) is 1. The van der Waals surface area contributed by atoms with Gasteiger partial charge in [0.25, 0.3) is 5.91 Å². The zero-order valence-electron chi connectivity index (χ0n) is 17.3. The first-order valence-electron chi connectivity index (χ1n) is 9.69. The first-order chi connectivity index (χ1) is 14.4. The van der Waals surface area contributed by atoms with Crippen LogP contribution in [0.15, 0.2) is 52.9 Å². The van der Waals surface area contributed by atoms with Crippen molar-refractivity contribution in [3.63, 3.8) is 0 Å².